The number of carboxylic acid groups (broad SMARTS) is 1. The van der Waals surface area contributed by atoms with Gasteiger partial charge in [0.05, 0.1) is 0 Å². The molecule has 4 nitrogen and oxygen atoms in total. The SMILES string of the molecule is CC(C)N(CC(=O)O)C(=O)C1CCc2ccccc2C1. The summed E-state index contributed by atoms with van der Waals surface area (Å²) < 4.78 is 0. The van der Waals surface area contributed by atoms with Crippen LogP contribution in [-0.4, -0.2) is 34.5 Å². The summed E-state index contributed by atoms with van der Waals surface area (Å²) in [6.45, 7) is 3.50. The number of carboxylic acids is 1. The zero-order valence-corrected chi connectivity index (χ0v) is 12.0. The number of aliphatic carboxylic acids is 1. The largest absolute Gasteiger partial charge is 0.480 e. The molecule has 0 bridgehead atoms. The van der Waals surface area contributed by atoms with Crippen molar-refractivity contribution in [1.82, 2.24) is 4.90 Å². The first-order valence-electron chi connectivity index (χ1n) is 7.08. The van der Waals surface area contributed by atoms with Gasteiger partial charge in [-0.2, -0.15) is 0 Å². The van der Waals surface area contributed by atoms with E-state index < -0.39 is 5.97 Å². The lowest BCUT2D eigenvalue weighted by Gasteiger charge is -2.31. The fraction of sp³-hybridized carbons (Fsp3) is 0.500. The molecule has 1 amide bonds. The maximum atomic E-state index is 12.5. The lowest BCUT2D eigenvalue weighted by molar-refractivity contribution is -0.148. The Bertz CT molecular complexity index is 510. The summed E-state index contributed by atoms with van der Waals surface area (Å²) in [6, 6.07) is 8.09. The monoisotopic (exact) mass is 275 g/mol. The number of aryl methyl sites for hydroxylation is 1. The van der Waals surface area contributed by atoms with Gasteiger partial charge >= 0.3 is 5.97 Å². The Kier molecular flexibility index (Phi) is 4.42. The van der Waals surface area contributed by atoms with E-state index in [1.54, 1.807) is 0 Å². The van der Waals surface area contributed by atoms with Crippen LogP contribution in [0.15, 0.2) is 24.3 Å². The van der Waals surface area contributed by atoms with Crippen LogP contribution in [0.2, 0.25) is 0 Å². The van der Waals surface area contributed by atoms with E-state index in [0.717, 1.165) is 19.3 Å². The van der Waals surface area contributed by atoms with Crippen LogP contribution in [0.25, 0.3) is 0 Å². The zero-order valence-electron chi connectivity index (χ0n) is 12.0. The summed E-state index contributed by atoms with van der Waals surface area (Å²) in [7, 11) is 0. The molecule has 1 atom stereocenters. The number of carbonyl (C=O) groups excluding carboxylic acids is 1. The molecule has 1 aliphatic rings. The van der Waals surface area contributed by atoms with Crippen molar-refractivity contribution in [2.45, 2.75) is 39.2 Å². The van der Waals surface area contributed by atoms with Crippen molar-refractivity contribution >= 4 is 11.9 Å². The van der Waals surface area contributed by atoms with E-state index in [0.29, 0.717) is 0 Å². The second kappa shape index (κ2) is 6.07. The molecule has 0 aromatic heterocycles. The number of hydrogen-bond acceptors (Lipinski definition) is 2. The van der Waals surface area contributed by atoms with Gasteiger partial charge in [0, 0.05) is 12.0 Å². The predicted molar refractivity (Wildman–Crippen MR) is 76.4 cm³/mol. The third-order valence-electron chi connectivity index (χ3n) is 3.91. The Labute approximate surface area is 119 Å². The minimum absolute atomic E-state index is 0.0306. The Morgan fingerprint density at radius 1 is 1.30 bits per heavy atom. The van der Waals surface area contributed by atoms with Gasteiger partial charge in [0.2, 0.25) is 5.91 Å². The molecule has 2 rings (SSSR count). The number of fused-ring (bicyclic) bond motifs is 1. The average Bonchev–Trinajstić information content (AvgIpc) is 2.43. The van der Waals surface area contributed by atoms with Gasteiger partial charge in [-0.05, 0) is 44.2 Å². The highest BCUT2D eigenvalue weighted by Gasteiger charge is 2.30. The van der Waals surface area contributed by atoms with Crippen LogP contribution < -0.4 is 0 Å². The first kappa shape index (κ1) is 14.6. The molecule has 0 heterocycles. The molecule has 4 heteroatoms. The molecule has 0 saturated carbocycles. The summed E-state index contributed by atoms with van der Waals surface area (Å²) in [5.74, 6) is -1.08. The lowest BCUT2D eigenvalue weighted by atomic mass is 9.83. The number of hydrogen-bond donors (Lipinski definition) is 1. The van der Waals surface area contributed by atoms with Gasteiger partial charge in [-0.3, -0.25) is 9.59 Å². The van der Waals surface area contributed by atoms with E-state index in [9.17, 15) is 9.59 Å². The van der Waals surface area contributed by atoms with Crippen molar-refractivity contribution in [2.24, 2.45) is 5.92 Å². The minimum Gasteiger partial charge on any atom is -0.480 e. The fourth-order valence-corrected chi connectivity index (χ4v) is 2.80. The van der Waals surface area contributed by atoms with Gasteiger partial charge in [0.25, 0.3) is 0 Å². The first-order valence-corrected chi connectivity index (χ1v) is 7.08. The zero-order chi connectivity index (χ0) is 14.7. The molecule has 20 heavy (non-hydrogen) atoms. The molecule has 0 aliphatic heterocycles. The van der Waals surface area contributed by atoms with E-state index >= 15 is 0 Å². The molecule has 0 fully saturated rings. The first-order chi connectivity index (χ1) is 9.49. The van der Waals surface area contributed by atoms with Gasteiger partial charge in [-0.1, -0.05) is 24.3 Å². The summed E-state index contributed by atoms with van der Waals surface area (Å²) in [5, 5.41) is 8.94. The highest BCUT2D eigenvalue weighted by molar-refractivity contribution is 5.83. The smallest absolute Gasteiger partial charge is 0.323 e. The highest BCUT2D eigenvalue weighted by atomic mass is 16.4. The van der Waals surface area contributed by atoms with Crippen molar-refractivity contribution in [3.63, 3.8) is 0 Å². The second-order valence-electron chi connectivity index (χ2n) is 5.66. The van der Waals surface area contributed by atoms with Crippen LogP contribution in [-0.2, 0) is 22.4 Å². The predicted octanol–water partition coefficient (Wildman–Crippen LogP) is 2.11. The summed E-state index contributed by atoms with van der Waals surface area (Å²) in [6.07, 6.45) is 2.42. The quantitative estimate of drug-likeness (QED) is 0.915. The molecule has 0 saturated heterocycles. The van der Waals surface area contributed by atoms with Crippen LogP contribution in [0.1, 0.15) is 31.4 Å². The molecule has 1 unspecified atom stereocenters. The standard InChI is InChI=1S/C16H21NO3/c1-11(2)17(10-15(18)19)16(20)14-8-7-12-5-3-4-6-13(12)9-14/h3-6,11,14H,7-10H2,1-2H3,(H,18,19). The van der Waals surface area contributed by atoms with Gasteiger partial charge in [0.1, 0.15) is 6.54 Å². The van der Waals surface area contributed by atoms with Gasteiger partial charge < -0.3 is 10.0 Å². The molecule has 1 aromatic carbocycles. The van der Waals surface area contributed by atoms with E-state index in [-0.39, 0.29) is 24.4 Å². The third-order valence-corrected chi connectivity index (χ3v) is 3.91. The lowest BCUT2D eigenvalue weighted by Crippen LogP contribution is -2.45. The summed E-state index contributed by atoms with van der Waals surface area (Å²) in [5.41, 5.74) is 2.53. The number of carbonyl (C=O) groups is 2. The van der Waals surface area contributed by atoms with Crippen molar-refractivity contribution < 1.29 is 14.7 Å². The van der Waals surface area contributed by atoms with Crippen LogP contribution in [0, 0.1) is 5.92 Å². The second-order valence-corrected chi connectivity index (χ2v) is 5.66. The Morgan fingerprint density at radius 2 is 1.95 bits per heavy atom. The molecular weight excluding hydrogens is 254 g/mol. The summed E-state index contributed by atoms with van der Waals surface area (Å²) in [4.78, 5) is 24.9. The highest BCUT2D eigenvalue weighted by Crippen LogP contribution is 2.27. The van der Waals surface area contributed by atoms with Crippen molar-refractivity contribution in [1.29, 1.82) is 0 Å². The van der Waals surface area contributed by atoms with Gasteiger partial charge in [-0.15, -0.1) is 0 Å². The van der Waals surface area contributed by atoms with E-state index in [4.69, 9.17) is 5.11 Å². The molecule has 0 spiro atoms. The van der Waals surface area contributed by atoms with Crippen molar-refractivity contribution in [3.05, 3.63) is 35.4 Å². The fourth-order valence-electron chi connectivity index (χ4n) is 2.80. The third kappa shape index (κ3) is 3.18. The van der Waals surface area contributed by atoms with Crippen molar-refractivity contribution in [2.75, 3.05) is 6.54 Å². The van der Waals surface area contributed by atoms with E-state index in [2.05, 4.69) is 12.1 Å². The number of benzene rings is 1. The maximum absolute atomic E-state index is 12.5. The van der Waals surface area contributed by atoms with Gasteiger partial charge in [-0.25, -0.2) is 0 Å². The maximum Gasteiger partial charge on any atom is 0.323 e. The average molecular weight is 275 g/mol. The van der Waals surface area contributed by atoms with Crippen LogP contribution >= 0.6 is 0 Å². The number of rotatable bonds is 4. The Balaban J connectivity index is 2.11. The molecule has 1 aromatic rings. The molecule has 108 valence electrons. The van der Waals surface area contributed by atoms with E-state index in [1.807, 2.05) is 26.0 Å². The normalized spacial score (nSPS) is 17.6. The minimum atomic E-state index is -0.955. The van der Waals surface area contributed by atoms with E-state index in [1.165, 1.54) is 16.0 Å². The van der Waals surface area contributed by atoms with Crippen LogP contribution in [0.3, 0.4) is 0 Å². The molecular formula is C16H21NO3. The molecule has 1 N–H and O–H groups in total. The Morgan fingerprint density at radius 3 is 2.55 bits per heavy atom. The van der Waals surface area contributed by atoms with Crippen LogP contribution in [0.4, 0.5) is 0 Å². The topological polar surface area (TPSA) is 57.6 Å². The summed E-state index contributed by atoms with van der Waals surface area (Å²) >= 11 is 0. The van der Waals surface area contributed by atoms with Gasteiger partial charge in [0.15, 0.2) is 0 Å². The Hall–Kier alpha value is -1.84. The number of amides is 1. The number of nitrogens with zero attached hydrogens (tertiary/aromatic N) is 1. The molecule has 0 radical (unpaired) electrons. The van der Waals surface area contributed by atoms with Crippen LogP contribution in [0.5, 0.6) is 0 Å². The van der Waals surface area contributed by atoms with Crippen molar-refractivity contribution in [3.8, 4) is 0 Å². The molecule has 1 aliphatic carbocycles.